The molecule has 0 radical (unpaired) electrons. The first-order valence-corrected chi connectivity index (χ1v) is 17.2. The molecule has 1 heterocycles. The van der Waals surface area contributed by atoms with Crippen LogP contribution in [0.1, 0.15) is 0 Å². The number of para-hydroxylation sites is 3. The summed E-state index contributed by atoms with van der Waals surface area (Å²) in [5.74, 6) is 0. The molecule has 0 aliphatic rings. The highest BCUT2D eigenvalue weighted by Crippen LogP contribution is 2.46. The van der Waals surface area contributed by atoms with Crippen molar-refractivity contribution in [1.29, 1.82) is 0 Å². The van der Waals surface area contributed by atoms with Crippen molar-refractivity contribution in [2.24, 2.45) is 0 Å². The van der Waals surface area contributed by atoms with Gasteiger partial charge in [0.05, 0.1) is 22.4 Å². The van der Waals surface area contributed by atoms with E-state index in [1.807, 2.05) is 0 Å². The van der Waals surface area contributed by atoms with Crippen LogP contribution in [-0.2, 0) is 0 Å². The maximum Gasteiger partial charge on any atom is 0.0542 e. The third-order valence-corrected chi connectivity index (χ3v) is 10.1. The normalized spacial score (nSPS) is 11.6. The van der Waals surface area contributed by atoms with Gasteiger partial charge >= 0.3 is 0 Å². The van der Waals surface area contributed by atoms with Crippen molar-refractivity contribution in [2.45, 2.75) is 0 Å². The summed E-state index contributed by atoms with van der Waals surface area (Å²) in [5, 5.41) is 10.00. The first-order chi connectivity index (χ1) is 24.8. The topological polar surface area (TPSA) is 8.17 Å². The molecule has 0 aliphatic carbocycles. The van der Waals surface area contributed by atoms with Gasteiger partial charge in [-0.1, -0.05) is 146 Å². The first kappa shape index (κ1) is 28.4. The number of nitrogens with zero attached hydrogens (tertiary/aromatic N) is 2. The average molecular weight is 637 g/mol. The Bertz CT molecular complexity index is 2870. The van der Waals surface area contributed by atoms with Gasteiger partial charge in [0.2, 0.25) is 0 Å². The van der Waals surface area contributed by atoms with E-state index in [0.29, 0.717) is 0 Å². The van der Waals surface area contributed by atoms with Crippen LogP contribution in [0, 0.1) is 0 Å². The molecule has 0 unspecified atom stereocenters. The highest BCUT2D eigenvalue weighted by molar-refractivity contribution is 6.22. The number of hydrogen-bond donors (Lipinski definition) is 0. The van der Waals surface area contributed by atoms with Crippen LogP contribution in [-0.4, -0.2) is 4.57 Å². The molecule has 9 aromatic carbocycles. The molecular weight excluding hydrogens is 605 g/mol. The molecule has 2 nitrogen and oxygen atoms in total. The van der Waals surface area contributed by atoms with Crippen molar-refractivity contribution in [3.8, 4) is 16.8 Å². The highest BCUT2D eigenvalue weighted by atomic mass is 15.1. The molecule has 234 valence electrons. The molecule has 0 saturated heterocycles. The molecule has 0 amide bonds. The Morgan fingerprint density at radius 3 is 1.88 bits per heavy atom. The maximum absolute atomic E-state index is 2.47. The van der Waals surface area contributed by atoms with Gasteiger partial charge < -0.3 is 9.47 Å². The summed E-state index contributed by atoms with van der Waals surface area (Å²) in [7, 11) is 0. The fraction of sp³-hybridized carbons (Fsp3) is 0. The van der Waals surface area contributed by atoms with E-state index in [-0.39, 0.29) is 0 Å². The molecule has 0 aliphatic heterocycles. The fourth-order valence-corrected chi connectivity index (χ4v) is 7.94. The lowest BCUT2D eigenvalue weighted by atomic mass is 9.95. The van der Waals surface area contributed by atoms with Crippen molar-refractivity contribution >= 4 is 71.2 Å². The van der Waals surface area contributed by atoms with Crippen LogP contribution in [0.3, 0.4) is 0 Å². The molecule has 0 atom stereocenters. The lowest BCUT2D eigenvalue weighted by Crippen LogP contribution is -2.12. The number of aromatic nitrogens is 1. The van der Waals surface area contributed by atoms with Crippen molar-refractivity contribution in [2.75, 3.05) is 4.90 Å². The summed E-state index contributed by atoms with van der Waals surface area (Å²) < 4.78 is 2.38. The van der Waals surface area contributed by atoms with Gasteiger partial charge in [0, 0.05) is 33.1 Å². The SMILES string of the molecule is c1ccc(-c2ccccc2N(c2ccc3c(c2)c2ccccc2n3-c2ccccc2)c2cccc3c2ccc2ccc4ccccc4c23)cc1. The highest BCUT2D eigenvalue weighted by Gasteiger charge is 2.22. The molecule has 10 aromatic rings. The molecule has 0 saturated carbocycles. The maximum atomic E-state index is 2.47. The summed E-state index contributed by atoms with van der Waals surface area (Å²) in [4.78, 5) is 2.47. The van der Waals surface area contributed by atoms with Crippen molar-refractivity contribution < 1.29 is 0 Å². The quantitative estimate of drug-likeness (QED) is 0.171. The van der Waals surface area contributed by atoms with Gasteiger partial charge in [-0.3, -0.25) is 0 Å². The Morgan fingerprint density at radius 2 is 1.00 bits per heavy atom. The van der Waals surface area contributed by atoms with Gasteiger partial charge in [0.1, 0.15) is 0 Å². The van der Waals surface area contributed by atoms with E-state index in [1.54, 1.807) is 0 Å². The van der Waals surface area contributed by atoms with Crippen molar-refractivity contribution in [1.82, 2.24) is 4.57 Å². The number of rotatable bonds is 5. The molecule has 0 spiro atoms. The van der Waals surface area contributed by atoms with Crippen molar-refractivity contribution in [3.05, 3.63) is 194 Å². The van der Waals surface area contributed by atoms with E-state index in [4.69, 9.17) is 0 Å². The second-order valence-corrected chi connectivity index (χ2v) is 12.9. The zero-order valence-corrected chi connectivity index (χ0v) is 27.4. The lowest BCUT2D eigenvalue weighted by molar-refractivity contribution is 1.18. The number of benzene rings is 9. The predicted molar refractivity (Wildman–Crippen MR) is 213 cm³/mol. The molecule has 1 aromatic heterocycles. The molecule has 10 rings (SSSR count). The Balaban J connectivity index is 1.29. The lowest BCUT2D eigenvalue weighted by Gasteiger charge is -2.29. The molecule has 50 heavy (non-hydrogen) atoms. The average Bonchev–Trinajstić information content (AvgIpc) is 3.52. The first-order valence-electron chi connectivity index (χ1n) is 17.2. The minimum Gasteiger partial charge on any atom is -0.309 e. The van der Waals surface area contributed by atoms with Gasteiger partial charge in [0.15, 0.2) is 0 Å². The summed E-state index contributed by atoms with van der Waals surface area (Å²) in [6.45, 7) is 0. The minimum absolute atomic E-state index is 1.11. The number of fused-ring (bicyclic) bond motifs is 8. The second-order valence-electron chi connectivity index (χ2n) is 12.9. The molecule has 0 N–H and O–H groups in total. The third kappa shape index (κ3) is 4.43. The van der Waals surface area contributed by atoms with E-state index in [0.717, 1.165) is 22.7 Å². The Kier molecular flexibility index (Phi) is 6.53. The van der Waals surface area contributed by atoms with Crippen molar-refractivity contribution in [3.63, 3.8) is 0 Å². The van der Waals surface area contributed by atoms with Crippen LogP contribution >= 0.6 is 0 Å². The van der Waals surface area contributed by atoms with Crippen LogP contribution in [0.25, 0.3) is 70.9 Å². The summed E-state index contributed by atoms with van der Waals surface area (Å²) in [6, 6.07) is 70.5. The van der Waals surface area contributed by atoms with Gasteiger partial charge in [-0.05, 0) is 81.0 Å². The van der Waals surface area contributed by atoms with Gasteiger partial charge in [-0.25, -0.2) is 0 Å². The van der Waals surface area contributed by atoms with Crippen LogP contribution in [0.4, 0.5) is 17.1 Å². The standard InChI is InChI=1S/C48H32N2/c1-3-14-33(15-4-1)38-19-9-11-23-44(38)50(46-25-13-22-42-41(46)30-28-35-27-26-34-16-7-8-20-39(34)48(35)42)37-29-31-47-43(32-37)40-21-10-12-24-45(40)49(47)36-17-5-2-6-18-36/h1-32H. The van der Waals surface area contributed by atoms with Gasteiger partial charge in [0.25, 0.3) is 0 Å². The third-order valence-electron chi connectivity index (χ3n) is 10.1. The van der Waals surface area contributed by atoms with Crippen LogP contribution in [0.15, 0.2) is 194 Å². The monoisotopic (exact) mass is 636 g/mol. The molecule has 0 fully saturated rings. The van der Waals surface area contributed by atoms with E-state index in [9.17, 15) is 0 Å². The Hall–Kier alpha value is -6.64. The van der Waals surface area contributed by atoms with E-state index in [2.05, 4.69) is 204 Å². The molecular formula is C48H32N2. The number of anilines is 3. The van der Waals surface area contributed by atoms with Crippen LogP contribution in [0.5, 0.6) is 0 Å². The van der Waals surface area contributed by atoms with Crippen LogP contribution in [0.2, 0.25) is 0 Å². The Morgan fingerprint density at radius 1 is 0.360 bits per heavy atom. The van der Waals surface area contributed by atoms with E-state index in [1.165, 1.54) is 65.3 Å². The zero-order chi connectivity index (χ0) is 33.0. The number of hydrogen-bond acceptors (Lipinski definition) is 1. The van der Waals surface area contributed by atoms with Gasteiger partial charge in [-0.2, -0.15) is 0 Å². The van der Waals surface area contributed by atoms with Gasteiger partial charge in [-0.15, -0.1) is 0 Å². The zero-order valence-electron chi connectivity index (χ0n) is 27.4. The second kappa shape index (κ2) is 11.5. The fourth-order valence-electron chi connectivity index (χ4n) is 7.94. The van der Waals surface area contributed by atoms with E-state index >= 15 is 0 Å². The molecule has 2 heteroatoms. The largest absolute Gasteiger partial charge is 0.309 e. The summed E-state index contributed by atoms with van der Waals surface area (Å²) >= 11 is 0. The Labute approximate surface area is 290 Å². The van der Waals surface area contributed by atoms with E-state index < -0.39 is 0 Å². The van der Waals surface area contributed by atoms with Crippen LogP contribution < -0.4 is 4.90 Å². The summed E-state index contributed by atoms with van der Waals surface area (Å²) in [5.41, 5.74) is 9.31. The predicted octanol–water partition coefficient (Wildman–Crippen LogP) is 13.4. The molecule has 0 bridgehead atoms. The summed E-state index contributed by atoms with van der Waals surface area (Å²) in [6.07, 6.45) is 0. The smallest absolute Gasteiger partial charge is 0.0542 e. The minimum atomic E-state index is 1.11.